The molecule has 0 atom stereocenters. The topological polar surface area (TPSA) is 64.4 Å². The van der Waals surface area contributed by atoms with Crippen LogP contribution in [0.25, 0.3) is 0 Å². The molecule has 2 aromatic carbocycles. The molecule has 166 valence electrons. The molecular formula is C25H27N3O3S. The smallest absolute Gasteiger partial charge is 0.310 e. The van der Waals surface area contributed by atoms with E-state index in [0.29, 0.717) is 5.92 Å². The highest BCUT2D eigenvalue weighted by Gasteiger charge is 2.28. The van der Waals surface area contributed by atoms with Crippen LogP contribution in [0.2, 0.25) is 0 Å². The average Bonchev–Trinajstić information content (AvgIpc) is 3.02. The molecule has 0 radical (unpaired) electrons. The van der Waals surface area contributed by atoms with Crippen LogP contribution in [0, 0.1) is 19.8 Å². The van der Waals surface area contributed by atoms with Gasteiger partial charge >= 0.3 is 5.97 Å². The Morgan fingerprint density at radius 2 is 1.59 bits per heavy atom. The van der Waals surface area contributed by atoms with Gasteiger partial charge in [0.25, 0.3) is 5.91 Å². The fourth-order valence-corrected chi connectivity index (χ4v) is 4.95. The first-order valence-electron chi connectivity index (χ1n) is 10.7. The van der Waals surface area contributed by atoms with Crippen LogP contribution >= 0.6 is 11.8 Å². The number of anilines is 2. The van der Waals surface area contributed by atoms with E-state index in [-0.39, 0.29) is 18.9 Å². The maximum absolute atomic E-state index is 13.2. The van der Waals surface area contributed by atoms with Crippen LogP contribution in [-0.4, -0.2) is 28.3 Å². The predicted octanol–water partition coefficient (Wildman–Crippen LogP) is 5.07. The lowest BCUT2D eigenvalue weighted by molar-refractivity contribution is -0.147. The molecule has 0 saturated carbocycles. The largest absolute Gasteiger partial charge is 0.455 e. The van der Waals surface area contributed by atoms with E-state index in [0.717, 1.165) is 44.7 Å². The van der Waals surface area contributed by atoms with E-state index in [1.54, 1.807) is 16.7 Å². The number of carbonyl (C=O) groups is 2. The number of carbonyl (C=O) groups excluding carboxylic acids is 2. The number of amides is 1. The highest BCUT2D eigenvalue weighted by Crippen LogP contribution is 2.47. The zero-order valence-electron chi connectivity index (χ0n) is 18.8. The summed E-state index contributed by atoms with van der Waals surface area (Å²) in [6.45, 7) is 8.61. The summed E-state index contributed by atoms with van der Waals surface area (Å²) in [5.41, 5.74) is 4.27. The van der Waals surface area contributed by atoms with Crippen LogP contribution in [0.1, 0.15) is 30.8 Å². The Kier molecular flexibility index (Phi) is 6.37. The van der Waals surface area contributed by atoms with Crippen LogP contribution in [0.3, 0.4) is 0 Å². The SMILES string of the molecule is Cc1nn(CC(C)C)c(C)c1CC(=O)OCC(=O)N1c2ccccc2Sc2ccccc21. The number of fused-ring (bicyclic) bond motifs is 2. The first kappa shape index (κ1) is 22.1. The van der Waals surface area contributed by atoms with Crippen molar-refractivity contribution in [3.63, 3.8) is 0 Å². The van der Waals surface area contributed by atoms with E-state index in [4.69, 9.17) is 4.74 Å². The lowest BCUT2D eigenvalue weighted by atomic mass is 10.1. The van der Waals surface area contributed by atoms with E-state index < -0.39 is 5.97 Å². The zero-order valence-corrected chi connectivity index (χ0v) is 19.6. The molecule has 0 saturated heterocycles. The molecule has 3 aromatic rings. The molecule has 0 spiro atoms. The lowest BCUT2D eigenvalue weighted by Gasteiger charge is -2.30. The van der Waals surface area contributed by atoms with Crippen molar-refractivity contribution >= 4 is 35.0 Å². The fourth-order valence-electron chi connectivity index (χ4n) is 3.89. The van der Waals surface area contributed by atoms with E-state index >= 15 is 0 Å². The summed E-state index contributed by atoms with van der Waals surface area (Å²) >= 11 is 1.63. The molecule has 1 aromatic heterocycles. The van der Waals surface area contributed by atoms with Crippen LogP contribution in [0.5, 0.6) is 0 Å². The molecule has 0 bridgehead atoms. The molecular weight excluding hydrogens is 422 g/mol. The Labute approximate surface area is 192 Å². The minimum absolute atomic E-state index is 0.103. The van der Waals surface area contributed by atoms with Crippen LogP contribution in [0.15, 0.2) is 58.3 Å². The third-order valence-electron chi connectivity index (χ3n) is 5.43. The normalized spacial score (nSPS) is 12.5. The first-order valence-corrected chi connectivity index (χ1v) is 11.5. The van der Waals surface area contributed by atoms with Gasteiger partial charge in [0.1, 0.15) is 0 Å². The molecule has 0 unspecified atom stereocenters. The van der Waals surface area contributed by atoms with Gasteiger partial charge in [0, 0.05) is 27.6 Å². The summed E-state index contributed by atoms with van der Waals surface area (Å²) in [5.74, 6) is -0.247. The maximum Gasteiger partial charge on any atom is 0.310 e. The maximum atomic E-state index is 13.2. The van der Waals surface area contributed by atoms with Crippen LogP contribution in [-0.2, 0) is 27.3 Å². The van der Waals surface area contributed by atoms with Gasteiger partial charge in [0.05, 0.1) is 23.5 Å². The number of hydrogen-bond donors (Lipinski definition) is 0. The Morgan fingerprint density at radius 3 is 2.19 bits per heavy atom. The fraction of sp³-hybridized carbons (Fsp3) is 0.320. The predicted molar refractivity (Wildman–Crippen MR) is 125 cm³/mol. The van der Waals surface area contributed by atoms with E-state index in [9.17, 15) is 9.59 Å². The number of hydrogen-bond acceptors (Lipinski definition) is 5. The Hall–Kier alpha value is -3.06. The summed E-state index contributed by atoms with van der Waals surface area (Å²) in [6, 6.07) is 15.5. The van der Waals surface area contributed by atoms with Crippen molar-refractivity contribution in [3.05, 3.63) is 65.5 Å². The number of benzene rings is 2. The Morgan fingerprint density at radius 1 is 1.00 bits per heavy atom. The van der Waals surface area contributed by atoms with Gasteiger partial charge < -0.3 is 4.74 Å². The molecule has 0 N–H and O–H groups in total. The van der Waals surface area contributed by atoms with Crippen molar-refractivity contribution in [1.82, 2.24) is 9.78 Å². The molecule has 1 aliphatic rings. The second kappa shape index (κ2) is 9.20. The minimum atomic E-state index is -0.429. The monoisotopic (exact) mass is 449 g/mol. The van der Waals surface area contributed by atoms with E-state index in [1.165, 1.54) is 0 Å². The quantitative estimate of drug-likeness (QED) is 0.492. The molecule has 2 heterocycles. The highest BCUT2D eigenvalue weighted by atomic mass is 32.2. The summed E-state index contributed by atoms with van der Waals surface area (Å²) < 4.78 is 7.35. The number of aromatic nitrogens is 2. The van der Waals surface area contributed by atoms with Gasteiger partial charge in [0.15, 0.2) is 6.61 Å². The van der Waals surface area contributed by atoms with Crippen LogP contribution in [0.4, 0.5) is 11.4 Å². The molecule has 0 aliphatic carbocycles. The summed E-state index contributed by atoms with van der Waals surface area (Å²) in [5, 5.41) is 4.55. The van der Waals surface area contributed by atoms with Crippen molar-refractivity contribution in [3.8, 4) is 0 Å². The zero-order chi connectivity index (χ0) is 22.8. The molecule has 7 heteroatoms. The molecule has 4 rings (SSSR count). The third kappa shape index (κ3) is 4.43. The van der Waals surface area contributed by atoms with Crippen molar-refractivity contribution in [2.24, 2.45) is 5.92 Å². The molecule has 1 aliphatic heterocycles. The molecule has 6 nitrogen and oxygen atoms in total. The summed E-state index contributed by atoms with van der Waals surface area (Å²) in [4.78, 5) is 29.4. The van der Waals surface area contributed by atoms with Gasteiger partial charge in [-0.05, 0) is 44.0 Å². The second-order valence-corrected chi connectivity index (χ2v) is 9.41. The molecule has 32 heavy (non-hydrogen) atoms. The Bertz CT molecular complexity index is 1120. The first-order chi connectivity index (χ1) is 15.3. The Balaban J connectivity index is 1.47. The van der Waals surface area contributed by atoms with E-state index in [2.05, 4.69) is 18.9 Å². The second-order valence-electron chi connectivity index (χ2n) is 8.33. The van der Waals surface area contributed by atoms with E-state index in [1.807, 2.05) is 67.1 Å². The minimum Gasteiger partial charge on any atom is -0.455 e. The van der Waals surface area contributed by atoms with Crippen LogP contribution < -0.4 is 4.90 Å². The standard InChI is InChI=1S/C25H27N3O3S/c1-16(2)14-27-18(4)19(17(3)26-27)13-25(30)31-15-24(29)28-20-9-5-7-11-22(20)32-23-12-8-6-10-21(23)28/h5-12,16H,13-15H2,1-4H3. The van der Waals surface area contributed by atoms with Crippen molar-refractivity contribution in [2.45, 2.75) is 50.5 Å². The van der Waals surface area contributed by atoms with Gasteiger partial charge in [-0.1, -0.05) is 49.9 Å². The number of para-hydroxylation sites is 2. The van der Waals surface area contributed by atoms with Gasteiger partial charge in [-0.15, -0.1) is 0 Å². The molecule has 1 amide bonds. The third-order valence-corrected chi connectivity index (χ3v) is 6.56. The number of nitrogens with zero attached hydrogens (tertiary/aromatic N) is 3. The number of esters is 1. The lowest BCUT2D eigenvalue weighted by Crippen LogP contribution is -2.32. The molecule has 0 fully saturated rings. The highest BCUT2D eigenvalue weighted by molar-refractivity contribution is 7.99. The number of aryl methyl sites for hydroxylation is 1. The van der Waals surface area contributed by atoms with Crippen molar-refractivity contribution in [2.75, 3.05) is 11.5 Å². The van der Waals surface area contributed by atoms with Gasteiger partial charge in [-0.25, -0.2) is 0 Å². The number of rotatable bonds is 6. The van der Waals surface area contributed by atoms with Crippen molar-refractivity contribution < 1.29 is 14.3 Å². The number of ether oxygens (including phenoxy) is 1. The van der Waals surface area contributed by atoms with Gasteiger partial charge in [-0.3, -0.25) is 19.2 Å². The summed E-state index contributed by atoms with van der Waals surface area (Å²) in [6.07, 6.45) is 0.103. The summed E-state index contributed by atoms with van der Waals surface area (Å²) in [7, 11) is 0. The average molecular weight is 450 g/mol. The van der Waals surface area contributed by atoms with Gasteiger partial charge in [-0.2, -0.15) is 5.10 Å². The van der Waals surface area contributed by atoms with Crippen molar-refractivity contribution in [1.29, 1.82) is 0 Å². The van der Waals surface area contributed by atoms with Gasteiger partial charge in [0.2, 0.25) is 0 Å².